The summed E-state index contributed by atoms with van der Waals surface area (Å²) in [5.74, 6) is 2.70. The summed E-state index contributed by atoms with van der Waals surface area (Å²) in [5, 5.41) is -0.785. The third kappa shape index (κ3) is 5.37. The fraction of sp³-hybridized carbons (Fsp3) is 0.179. The topological polar surface area (TPSA) is 100 Å². The van der Waals surface area contributed by atoms with Crippen molar-refractivity contribution in [3.05, 3.63) is 106 Å². The van der Waals surface area contributed by atoms with E-state index in [9.17, 15) is 18.0 Å². The number of fused-ring (bicyclic) bond motifs is 1. The van der Waals surface area contributed by atoms with E-state index in [1.807, 2.05) is 11.0 Å². The fourth-order valence-corrected chi connectivity index (χ4v) is 5.36. The van der Waals surface area contributed by atoms with Crippen LogP contribution in [0.4, 0.5) is 5.69 Å². The highest BCUT2D eigenvalue weighted by atomic mass is 32.2. The van der Waals surface area contributed by atoms with Gasteiger partial charge in [0.25, 0.3) is 5.56 Å². The van der Waals surface area contributed by atoms with E-state index in [1.165, 1.54) is 0 Å². The molecule has 1 unspecified atom stereocenters. The van der Waals surface area contributed by atoms with E-state index in [0.717, 1.165) is 17.5 Å². The van der Waals surface area contributed by atoms with Crippen LogP contribution in [0.1, 0.15) is 32.6 Å². The van der Waals surface area contributed by atoms with E-state index in [1.54, 1.807) is 73.7 Å². The molecule has 0 saturated heterocycles. The number of aromatic nitrogens is 2. The maximum Gasteiger partial charge on any atom is 0.258 e. The minimum atomic E-state index is -3.69. The Hall–Kier alpha value is -4.22. The highest BCUT2D eigenvalue weighted by Crippen LogP contribution is 2.27. The molecular formula is C28H25N3O4S. The molecule has 1 N–H and O–H groups in total. The standard InChI is InChI=1S/C28H25N3O4S/c1-4-16-31(18-20-10-15-25-24(17-20)28(33)30-19(2)29-25)23-13-11-21(12-14-23)26(32)27(36(3,34)35)22-8-6-5-7-9-22/h1,5-15,17,27H,16,18H2,2-3H3,(H,29,30,33). The van der Waals surface area contributed by atoms with Crippen LogP contribution in [0.3, 0.4) is 0 Å². The molecule has 182 valence electrons. The first-order valence-corrected chi connectivity index (χ1v) is 13.2. The number of hydrogen-bond acceptors (Lipinski definition) is 6. The molecule has 0 aliphatic carbocycles. The number of anilines is 1. The van der Waals surface area contributed by atoms with Gasteiger partial charge in [-0.15, -0.1) is 6.42 Å². The molecule has 7 nitrogen and oxygen atoms in total. The zero-order valence-electron chi connectivity index (χ0n) is 19.9. The van der Waals surface area contributed by atoms with Crippen molar-refractivity contribution in [1.82, 2.24) is 9.97 Å². The minimum absolute atomic E-state index is 0.204. The van der Waals surface area contributed by atoms with Gasteiger partial charge in [0.1, 0.15) is 11.1 Å². The first-order chi connectivity index (χ1) is 17.2. The van der Waals surface area contributed by atoms with E-state index >= 15 is 0 Å². The van der Waals surface area contributed by atoms with Crippen molar-refractivity contribution in [3.63, 3.8) is 0 Å². The number of aryl methyl sites for hydroxylation is 1. The Labute approximate surface area is 209 Å². The van der Waals surface area contributed by atoms with E-state index < -0.39 is 20.9 Å². The molecule has 1 aromatic heterocycles. The molecule has 1 heterocycles. The van der Waals surface area contributed by atoms with Gasteiger partial charge in [0, 0.05) is 24.1 Å². The second-order valence-corrected chi connectivity index (χ2v) is 10.7. The molecule has 8 heteroatoms. The average Bonchev–Trinajstić information content (AvgIpc) is 2.84. The molecule has 3 aromatic carbocycles. The lowest BCUT2D eigenvalue weighted by atomic mass is 10.0. The first-order valence-electron chi connectivity index (χ1n) is 11.2. The summed E-state index contributed by atoms with van der Waals surface area (Å²) in [6.07, 6.45) is 6.67. The quantitative estimate of drug-likeness (QED) is 0.292. The summed E-state index contributed by atoms with van der Waals surface area (Å²) in [6, 6.07) is 20.7. The second kappa shape index (κ2) is 10.2. The summed E-state index contributed by atoms with van der Waals surface area (Å²) >= 11 is 0. The predicted molar refractivity (Wildman–Crippen MR) is 142 cm³/mol. The van der Waals surface area contributed by atoms with E-state index in [-0.39, 0.29) is 11.1 Å². The van der Waals surface area contributed by atoms with Gasteiger partial charge in [0.05, 0.1) is 17.4 Å². The van der Waals surface area contributed by atoms with Crippen LogP contribution in [0.15, 0.2) is 77.6 Å². The number of rotatable bonds is 8. The van der Waals surface area contributed by atoms with Crippen molar-refractivity contribution in [2.75, 3.05) is 17.7 Å². The Balaban J connectivity index is 1.61. The number of nitrogens with one attached hydrogen (secondary N) is 1. The van der Waals surface area contributed by atoms with Gasteiger partial charge in [-0.05, 0) is 54.4 Å². The number of aromatic amines is 1. The van der Waals surface area contributed by atoms with E-state index in [0.29, 0.717) is 35.4 Å². The van der Waals surface area contributed by atoms with E-state index in [4.69, 9.17) is 6.42 Å². The number of Topliss-reactive ketones (excluding diaryl/α,β-unsaturated/α-hetero) is 1. The lowest BCUT2D eigenvalue weighted by molar-refractivity contribution is 0.0987. The fourth-order valence-electron chi connectivity index (χ4n) is 4.18. The highest BCUT2D eigenvalue weighted by Gasteiger charge is 2.31. The monoisotopic (exact) mass is 499 g/mol. The number of sulfone groups is 1. The Kier molecular flexibility index (Phi) is 7.04. The maximum absolute atomic E-state index is 13.2. The summed E-state index contributed by atoms with van der Waals surface area (Å²) in [6.45, 7) is 2.45. The van der Waals surface area contributed by atoms with Crippen molar-refractivity contribution in [1.29, 1.82) is 0 Å². The van der Waals surface area contributed by atoms with Crippen molar-refractivity contribution in [2.24, 2.45) is 0 Å². The van der Waals surface area contributed by atoms with Crippen LogP contribution in [0.25, 0.3) is 10.9 Å². The molecular weight excluding hydrogens is 474 g/mol. The molecule has 0 aliphatic heterocycles. The number of benzene rings is 3. The Bertz CT molecular complexity index is 1620. The smallest absolute Gasteiger partial charge is 0.258 e. The largest absolute Gasteiger partial charge is 0.356 e. The van der Waals surface area contributed by atoms with Crippen molar-refractivity contribution in [3.8, 4) is 12.3 Å². The summed E-state index contributed by atoms with van der Waals surface area (Å²) in [7, 11) is -3.69. The molecule has 0 aliphatic rings. The number of hydrogen-bond donors (Lipinski definition) is 1. The van der Waals surface area contributed by atoms with Gasteiger partial charge in [-0.1, -0.05) is 42.3 Å². The zero-order chi connectivity index (χ0) is 25.9. The Morgan fingerprint density at radius 1 is 1.08 bits per heavy atom. The molecule has 4 rings (SSSR count). The number of terminal acetylenes is 1. The molecule has 0 fully saturated rings. The maximum atomic E-state index is 13.2. The Morgan fingerprint density at radius 2 is 1.78 bits per heavy atom. The van der Waals surface area contributed by atoms with Crippen LogP contribution in [0.2, 0.25) is 0 Å². The average molecular weight is 500 g/mol. The number of ketones is 1. The van der Waals surface area contributed by atoms with Gasteiger partial charge in [-0.25, -0.2) is 13.4 Å². The van der Waals surface area contributed by atoms with Crippen molar-refractivity contribution >= 4 is 32.2 Å². The second-order valence-electron chi connectivity index (χ2n) is 8.59. The highest BCUT2D eigenvalue weighted by molar-refractivity contribution is 7.91. The number of nitrogens with zero attached hydrogens (tertiary/aromatic N) is 2. The summed E-state index contributed by atoms with van der Waals surface area (Å²) < 4.78 is 24.9. The van der Waals surface area contributed by atoms with E-state index in [2.05, 4.69) is 15.9 Å². The summed E-state index contributed by atoms with van der Waals surface area (Å²) in [4.78, 5) is 34.5. The Morgan fingerprint density at radius 3 is 2.42 bits per heavy atom. The van der Waals surface area contributed by atoms with Gasteiger partial charge < -0.3 is 9.88 Å². The van der Waals surface area contributed by atoms with Crippen LogP contribution < -0.4 is 10.5 Å². The lowest BCUT2D eigenvalue weighted by Gasteiger charge is -2.23. The van der Waals surface area contributed by atoms with Crippen LogP contribution in [-0.4, -0.2) is 37.0 Å². The minimum Gasteiger partial charge on any atom is -0.356 e. The van der Waals surface area contributed by atoms with Gasteiger partial charge in [0.2, 0.25) is 0 Å². The molecule has 36 heavy (non-hydrogen) atoms. The number of H-pyrrole nitrogens is 1. The van der Waals surface area contributed by atoms with Crippen molar-refractivity contribution in [2.45, 2.75) is 18.7 Å². The number of carbonyl (C=O) groups excluding carboxylic acids is 1. The van der Waals surface area contributed by atoms with Gasteiger partial charge >= 0.3 is 0 Å². The summed E-state index contributed by atoms with van der Waals surface area (Å²) in [5.41, 5.74) is 2.76. The van der Waals surface area contributed by atoms with Gasteiger partial charge in [0.15, 0.2) is 15.6 Å². The lowest BCUT2D eigenvalue weighted by Crippen LogP contribution is -2.24. The van der Waals surface area contributed by atoms with Crippen LogP contribution in [-0.2, 0) is 16.4 Å². The third-order valence-electron chi connectivity index (χ3n) is 5.83. The van der Waals surface area contributed by atoms with Gasteiger partial charge in [-0.2, -0.15) is 0 Å². The first kappa shape index (κ1) is 24.9. The third-order valence-corrected chi connectivity index (χ3v) is 7.17. The van der Waals surface area contributed by atoms with Crippen LogP contribution in [0, 0.1) is 19.3 Å². The molecule has 0 amide bonds. The molecule has 0 saturated carbocycles. The predicted octanol–water partition coefficient (Wildman–Crippen LogP) is 3.84. The normalized spacial score (nSPS) is 12.1. The molecule has 0 spiro atoms. The molecule has 4 aromatic rings. The molecule has 0 bridgehead atoms. The van der Waals surface area contributed by atoms with Crippen LogP contribution >= 0.6 is 0 Å². The molecule has 1 atom stereocenters. The van der Waals surface area contributed by atoms with Crippen molar-refractivity contribution < 1.29 is 13.2 Å². The van der Waals surface area contributed by atoms with Crippen LogP contribution in [0.5, 0.6) is 0 Å². The zero-order valence-corrected chi connectivity index (χ0v) is 20.7. The van der Waals surface area contributed by atoms with Gasteiger partial charge in [-0.3, -0.25) is 9.59 Å². The number of carbonyl (C=O) groups is 1. The SMILES string of the molecule is C#CCN(Cc1ccc2nc(C)[nH]c(=O)c2c1)c1ccc(C(=O)C(c2ccccc2)S(C)(=O)=O)cc1. The molecule has 0 radical (unpaired) electrons.